The number of nitrogens with two attached hydrogens (primary N) is 1. The van der Waals surface area contributed by atoms with Crippen LogP contribution in [-0.2, 0) is 9.53 Å². The van der Waals surface area contributed by atoms with Crippen LogP contribution in [0, 0.1) is 0 Å². The minimum absolute atomic E-state index is 0.136. The van der Waals surface area contributed by atoms with Gasteiger partial charge in [-0.3, -0.25) is 4.79 Å². The predicted octanol–water partition coefficient (Wildman–Crippen LogP) is 2.77. The summed E-state index contributed by atoms with van der Waals surface area (Å²) in [5.41, 5.74) is 6.30. The van der Waals surface area contributed by atoms with E-state index in [1.54, 1.807) is 12.1 Å². The van der Waals surface area contributed by atoms with Crippen LogP contribution >= 0.6 is 23.2 Å². The predicted molar refractivity (Wildman–Crippen MR) is 84.0 cm³/mol. The van der Waals surface area contributed by atoms with E-state index >= 15 is 0 Å². The number of rotatable bonds is 4. The SMILES string of the molecule is Nc1cc(Cl)ccc1C(=O)OCC(=O)Nc1cccnc1Cl. The van der Waals surface area contributed by atoms with Crippen molar-refractivity contribution in [2.75, 3.05) is 17.7 Å². The molecular formula is C14H11Cl2N3O3. The maximum atomic E-state index is 11.8. The van der Waals surface area contributed by atoms with Crippen LogP contribution in [-0.4, -0.2) is 23.5 Å². The fourth-order valence-corrected chi connectivity index (χ4v) is 1.94. The maximum absolute atomic E-state index is 11.8. The standard InChI is InChI=1S/C14H11Cl2N3O3/c15-8-3-4-9(10(17)6-8)14(21)22-7-12(20)19-11-2-1-5-18-13(11)16/h1-6H,7,17H2,(H,19,20). The third kappa shape index (κ3) is 4.09. The summed E-state index contributed by atoms with van der Waals surface area (Å²) in [4.78, 5) is 27.4. The first kappa shape index (κ1) is 16.1. The number of aromatic nitrogens is 1. The minimum Gasteiger partial charge on any atom is -0.452 e. The normalized spacial score (nSPS) is 10.1. The van der Waals surface area contributed by atoms with E-state index in [-0.39, 0.29) is 16.4 Å². The Labute approximate surface area is 136 Å². The first-order valence-corrected chi connectivity index (χ1v) is 6.85. The molecule has 1 aromatic carbocycles. The largest absolute Gasteiger partial charge is 0.452 e. The van der Waals surface area contributed by atoms with E-state index in [1.165, 1.54) is 24.4 Å². The molecule has 6 nitrogen and oxygen atoms in total. The Balaban J connectivity index is 1.93. The molecule has 3 N–H and O–H groups in total. The summed E-state index contributed by atoms with van der Waals surface area (Å²) in [5.74, 6) is -1.27. The summed E-state index contributed by atoms with van der Waals surface area (Å²) in [6.45, 7) is -0.480. The molecule has 0 radical (unpaired) electrons. The highest BCUT2D eigenvalue weighted by atomic mass is 35.5. The molecule has 1 amide bonds. The van der Waals surface area contributed by atoms with Crippen LogP contribution in [0.1, 0.15) is 10.4 Å². The molecule has 0 saturated heterocycles. The van der Waals surface area contributed by atoms with Gasteiger partial charge in [-0.2, -0.15) is 0 Å². The lowest BCUT2D eigenvalue weighted by molar-refractivity contribution is -0.119. The summed E-state index contributed by atoms with van der Waals surface area (Å²) in [6, 6.07) is 7.54. The van der Waals surface area contributed by atoms with Crippen molar-refractivity contribution in [2.24, 2.45) is 0 Å². The van der Waals surface area contributed by atoms with E-state index in [9.17, 15) is 9.59 Å². The molecule has 1 aromatic heterocycles. The van der Waals surface area contributed by atoms with Gasteiger partial charge in [0.1, 0.15) is 0 Å². The molecule has 114 valence electrons. The van der Waals surface area contributed by atoms with Crippen molar-refractivity contribution in [1.29, 1.82) is 0 Å². The molecule has 0 aliphatic heterocycles. The lowest BCUT2D eigenvalue weighted by Crippen LogP contribution is -2.21. The fraction of sp³-hybridized carbons (Fsp3) is 0.0714. The van der Waals surface area contributed by atoms with Gasteiger partial charge in [0.15, 0.2) is 11.8 Å². The number of hydrogen-bond donors (Lipinski definition) is 2. The number of ether oxygens (including phenoxy) is 1. The smallest absolute Gasteiger partial charge is 0.340 e. The third-order valence-electron chi connectivity index (χ3n) is 2.60. The highest BCUT2D eigenvalue weighted by Crippen LogP contribution is 2.19. The highest BCUT2D eigenvalue weighted by molar-refractivity contribution is 6.32. The van der Waals surface area contributed by atoms with Crippen molar-refractivity contribution in [3.05, 3.63) is 52.3 Å². The van der Waals surface area contributed by atoms with Crippen LogP contribution in [0.3, 0.4) is 0 Å². The third-order valence-corrected chi connectivity index (χ3v) is 3.14. The Morgan fingerprint density at radius 2 is 2.05 bits per heavy atom. The second-order valence-electron chi connectivity index (χ2n) is 4.20. The van der Waals surface area contributed by atoms with Crippen LogP contribution in [0.4, 0.5) is 11.4 Å². The van der Waals surface area contributed by atoms with Crippen molar-refractivity contribution in [3.8, 4) is 0 Å². The molecule has 1 heterocycles. The van der Waals surface area contributed by atoms with Gasteiger partial charge in [-0.1, -0.05) is 23.2 Å². The number of halogens is 2. The van der Waals surface area contributed by atoms with Gasteiger partial charge >= 0.3 is 5.97 Å². The van der Waals surface area contributed by atoms with Crippen LogP contribution in [0.15, 0.2) is 36.5 Å². The van der Waals surface area contributed by atoms with Crippen molar-refractivity contribution < 1.29 is 14.3 Å². The van der Waals surface area contributed by atoms with Gasteiger partial charge in [-0.25, -0.2) is 9.78 Å². The number of carbonyl (C=O) groups excluding carboxylic acids is 2. The summed E-state index contributed by atoms with van der Waals surface area (Å²) >= 11 is 11.5. The molecule has 0 fully saturated rings. The van der Waals surface area contributed by atoms with E-state index in [0.717, 1.165) is 0 Å². The topological polar surface area (TPSA) is 94.3 Å². The first-order chi connectivity index (χ1) is 10.5. The van der Waals surface area contributed by atoms with Crippen molar-refractivity contribution >= 4 is 46.5 Å². The van der Waals surface area contributed by atoms with Gasteiger partial charge in [0.2, 0.25) is 0 Å². The fourth-order valence-electron chi connectivity index (χ4n) is 1.59. The second kappa shape index (κ2) is 7.11. The van der Waals surface area contributed by atoms with Gasteiger partial charge in [0.05, 0.1) is 11.3 Å². The number of hydrogen-bond acceptors (Lipinski definition) is 5. The van der Waals surface area contributed by atoms with Gasteiger partial charge < -0.3 is 15.8 Å². The highest BCUT2D eigenvalue weighted by Gasteiger charge is 2.14. The van der Waals surface area contributed by atoms with E-state index in [0.29, 0.717) is 10.7 Å². The maximum Gasteiger partial charge on any atom is 0.340 e. The zero-order valence-corrected chi connectivity index (χ0v) is 12.7. The lowest BCUT2D eigenvalue weighted by atomic mass is 10.2. The molecule has 0 bridgehead atoms. The summed E-state index contributed by atoms with van der Waals surface area (Å²) < 4.78 is 4.89. The Morgan fingerprint density at radius 3 is 2.73 bits per heavy atom. The molecular weight excluding hydrogens is 329 g/mol. The molecule has 0 aliphatic rings. The average Bonchev–Trinajstić information content (AvgIpc) is 2.47. The summed E-state index contributed by atoms with van der Waals surface area (Å²) in [7, 11) is 0. The molecule has 0 saturated carbocycles. The number of amides is 1. The van der Waals surface area contributed by atoms with Crippen molar-refractivity contribution in [3.63, 3.8) is 0 Å². The van der Waals surface area contributed by atoms with Crippen LogP contribution < -0.4 is 11.1 Å². The number of anilines is 2. The number of nitrogens with one attached hydrogen (secondary N) is 1. The number of nitrogens with zero attached hydrogens (tertiary/aromatic N) is 1. The molecule has 2 aromatic rings. The number of carbonyl (C=O) groups is 2. The number of pyridine rings is 1. The van der Waals surface area contributed by atoms with Crippen molar-refractivity contribution in [2.45, 2.75) is 0 Å². The van der Waals surface area contributed by atoms with Gasteiger partial charge in [0, 0.05) is 16.9 Å². The van der Waals surface area contributed by atoms with Crippen LogP contribution in [0.2, 0.25) is 10.2 Å². The Kier molecular flexibility index (Phi) is 5.19. The minimum atomic E-state index is -0.721. The number of nitrogen functional groups attached to an aromatic ring is 1. The quantitative estimate of drug-likeness (QED) is 0.507. The van der Waals surface area contributed by atoms with Gasteiger partial charge in [-0.15, -0.1) is 0 Å². The van der Waals surface area contributed by atoms with E-state index in [4.69, 9.17) is 33.7 Å². The first-order valence-electron chi connectivity index (χ1n) is 6.10. The molecule has 22 heavy (non-hydrogen) atoms. The Bertz CT molecular complexity index is 722. The van der Waals surface area contributed by atoms with Crippen molar-refractivity contribution in [1.82, 2.24) is 4.98 Å². The zero-order chi connectivity index (χ0) is 16.1. The summed E-state index contributed by atoms with van der Waals surface area (Å²) in [5, 5.41) is 3.02. The Hall–Kier alpha value is -2.31. The van der Waals surface area contributed by atoms with Crippen LogP contribution in [0.5, 0.6) is 0 Å². The number of benzene rings is 1. The molecule has 8 heteroatoms. The molecule has 0 aliphatic carbocycles. The van der Waals surface area contributed by atoms with Gasteiger partial charge in [-0.05, 0) is 30.3 Å². The zero-order valence-electron chi connectivity index (χ0n) is 11.2. The van der Waals surface area contributed by atoms with Gasteiger partial charge in [0.25, 0.3) is 5.91 Å². The average molecular weight is 340 g/mol. The monoisotopic (exact) mass is 339 g/mol. The van der Waals surface area contributed by atoms with Crippen LogP contribution in [0.25, 0.3) is 0 Å². The van der Waals surface area contributed by atoms with E-state index in [2.05, 4.69) is 10.3 Å². The lowest BCUT2D eigenvalue weighted by Gasteiger charge is -2.08. The molecule has 0 spiro atoms. The molecule has 0 unspecified atom stereocenters. The summed E-state index contributed by atoms with van der Waals surface area (Å²) in [6.07, 6.45) is 1.49. The Morgan fingerprint density at radius 1 is 1.27 bits per heavy atom. The second-order valence-corrected chi connectivity index (χ2v) is 4.99. The molecule has 2 rings (SSSR count). The number of esters is 1. The van der Waals surface area contributed by atoms with E-state index < -0.39 is 18.5 Å². The molecule has 0 atom stereocenters. The van der Waals surface area contributed by atoms with E-state index in [1.807, 2.05) is 0 Å².